The van der Waals surface area contributed by atoms with E-state index in [1.165, 1.54) is 6.92 Å². The van der Waals surface area contributed by atoms with E-state index in [0.717, 1.165) is 17.0 Å². The predicted octanol–water partition coefficient (Wildman–Crippen LogP) is 3.07. The molecule has 110 valence electrons. The number of rotatable bonds is 3. The lowest BCUT2D eigenvalue weighted by atomic mass is 10.2. The third kappa shape index (κ3) is 2.88. The Balaban J connectivity index is 1.92. The fourth-order valence-corrected chi connectivity index (χ4v) is 2.18. The van der Waals surface area contributed by atoms with Crippen LogP contribution >= 0.6 is 0 Å². The first-order valence-corrected chi connectivity index (χ1v) is 6.89. The molecule has 1 heterocycles. The molecule has 2 aromatic carbocycles. The molecule has 0 aliphatic rings. The summed E-state index contributed by atoms with van der Waals surface area (Å²) >= 11 is 0. The van der Waals surface area contributed by atoms with Gasteiger partial charge in [0.25, 0.3) is 0 Å². The van der Waals surface area contributed by atoms with Crippen molar-refractivity contribution in [2.75, 3.05) is 0 Å². The molecular weight excluding hydrogens is 278 g/mol. The largest absolute Gasteiger partial charge is 0.427 e. The Morgan fingerprint density at radius 3 is 2.32 bits per heavy atom. The molecule has 1 aromatic heterocycles. The highest BCUT2D eigenvalue weighted by molar-refractivity contribution is 5.70. The number of aryl methyl sites for hydroxylation is 1. The van der Waals surface area contributed by atoms with Crippen molar-refractivity contribution in [3.8, 4) is 28.5 Å². The van der Waals surface area contributed by atoms with Gasteiger partial charge in [0.05, 0.1) is 0 Å². The summed E-state index contributed by atoms with van der Waals surface area (Å²) in [5, 5.41) is 4.45. The van der Waals surface area contributed by atoms with Crippen LogP contribution in [0.1, 0.15) is 6.92 Å². The Morgan fingerprint density at radius 2 is 1.68 bits per heavy atom. The summed E-state index contributed by atoms with van der Waals surface area (Å²) in [4.78, 5) is 15.5. The summed E-state index contributed by atoms with van der Waals surface area (Å²) in [5.41, 5.74) is 1.88. The van der Waals surface area contributed by atoms with E-state index in [1.807, 2.05) is 49.5 Å². The number of hydrogen-bond acceptors (Lipinski definition) is 4. The lowest BCUT2D eigenvalue weighted by Gasteiger charge is -2.03. The molecule has 0 saturated heterocycles. The zero-order chi connectivity index (χ0) is 15.5. The van der Waals surface area contributed by atoms with Gasteiger partial charge in [-0.1, -0.05) is 30.3 Å². The predicted molar refractivity (Wildman–Crippen MR) is 83.2 cm³/mol. The van der Waals surface area contributed by atoms with Gasteiger partial charge in [-0.3, -0.25) is 4.79 Å². The zero-order valence-corrected chi connectivity index (χ0v) is 12.4. The van der Waals surface area contributed by atoms with Gasteiger partial charge in [-0.2, -0.15) is 5.10 Å². The molecule has 0 amide bonds. The average molecular weight is 293 g/mol. The molecule has 22 heavy (non-hydrogen) atoms. The number of ether oxygens (including phenoxy) is 1. The van der Waals surface area contributed by atoms with Gasteiger partial charge < -0.3 is 4.74 Å². The van der Waals surface area contributed by atoms with Crippen LogP contribution in [0.2, 0.25) is 0 Å². The maximum Gasteiger partial charge on any atom is 0.308 e. The highest BCUT2D eigenvalue weighted by atomic mass is 16.5. The van der Waals surface area contributed by atoms with E-state index in [2.05, 4.69) is 10.1 Å². The topological polar surface area (TPSA) is 57.0 Å². The number of carbonyl (C=O) groups is 1. The second-order valence-corrected chi connectivity index (χ2v) is 4.87. The molecule has 0 unspecified atom stereocenters. The Hall–Kier alpha value is -2.95. The molecule has 3 rings (SSSR count). The van der Waals surface area contributed by atoms with E-state index < -0.39 is 0 Å². The van der Waals surface area contributed by atoms with Crippen molar-refractivity contribution >= 4 is 5.97 Å². The smallest absolute Gasteiger partial charge is 0.308 e. The Kier molecular flexibility index (Phi) is 3.70. The second kappa shape index (κ2) is 5.81. The SMILES string of the molecule is CC(=O)Oc1ccc(-c2nc(-c3ccccc3)nn2C)cc1. The average Bonchev–Trinajstić information content (AvgIpc) is 2.90. The van der Waals surface area contributed by atoms with Crippen molar-refractivity contribution in [2.45, 2.75) is 6.92 Å². The number of nitrogens with zero attached hydrogens (tertiary/aromatic N) is 3. The fraction of sp³-hybridized carbons (Fsp3) is 0.118. The van der Waals surface area contributed by atoms with Gasteiger partial charge >= 0.3 is 5.97 Å². The van der Waals surface area contributed by atoms with Crippen LogP contribution < -0.4 is 4.74 Å². The van der Waals surface area contributed by atoms with E-state index in [-0.39, 0.29) is 5.97 Å². The molecule has 0 N–H and O–H groups in total. The third-order valence-electron chi connectivity index (χ3n) is 3.17. The van der Waals surface area contributed by atoms with E-state index in [1.54, 1.807) is 16.8 Å². The number of aromatic nitrogens is 3. The molecule has 0 radical (unpaired) electrons. The van der Waals surface area contributed by atoms with E-state index >= 15 is 0 Å². The van der Waals surface area contributed by atoms with Crippen molar-refractivity contribution in [3.05, 3.63) is 54.6 Å². The third-order valence-corrected chi connectivity index (χ3v) is 3.17. The highest BCUT2D eigenvalue weighted by Crippen LogP contribution is 2.23. The molecule has 0 aliphatic heterocycles. The van der Waals surface area contributed by atoms with Gasteiger partial charge in [0.1, 0.15) is 5.75 Å². The first-order valence-electron chi connectivity index (χ1n) is 6.89. The highest BCUT2D eigenvalue weighted by Gasteiger charge is 2.11. The number of hydrogen-bond donors (Lipinski definition) is 0. The molecule has 5 nitrogen and oxygen atoms in total. The second-order valence-electron chi connectivity index (χ2n) is 4.87. The van der Waals surface area contributed by atoms with Gasteiger partial charge in [0, 0.05) is 25.1 Å². The summed E-state index contributed by atoms with van der Waals surface area (Å²) in [5.74, 6) is 1.62. The lowest BCUT2D eigenvalue weighted by Crippen LogP contribution is -2.01. The summed E-state index contributed by atoms with van der Waals surface area (Å²) < 4.78 is 6.77. The van der Waals surface area contributed by atoms with Gasteiger partial charge in [-0.25, -0.2) is 9.67 Å². The van der Waals surface area contributed by atoms with Gasteiger partial charge in [-0.05, 0) is 24.3 Å². The van der Waals surface area contributed by atoms with Crippen LogP contribution in [0.4, 0.5) is 0 Å². The number of esters is 1. The molecule has 5 heteroatoms. The lowest BCUT2D eigenvalue weighted by molar-refractivity contribution is -0.131. The first kappa shape index (κ1) is 14.0. The first-order chi connectivity index (χ1) is 10.6. The summed E-state index contributed by atoms with van der Waals surface area (Å²) in [6.07, 6.45) is 0. The molecule has 0 saturated carbocycles. The molecule has 0 spiro atoms. The minimum atomic E-state index is -0.335. The Bertz CT molecular complexity index is 793. The van der Waals surface area contributed by atoms with Crippen LogP contribution in [-0.4, -0.2) is 20.7 Å². The van der Waals surface area contributed by atoms with Crippen molar-refractivity contribution < 1.29 is 9.53 Å². The molecule has 0 fully saturated rings. The normalized spacial score (nSPS) is 10.5. The molecule has 3 aromatic rings. The summed E-state index contributed by atoms with van der Waals surface area (Å²) in [6.45, 7) is 1.38. The van der Waals surface area contributed by atoms with Crippen molar-refractivity contribution in [3.63, 3.8) is 0 Å². The van der Waals surface area contributed by atoms with Gasteiger partial charge in [0.2, 0.25) is 0 Å². The van der Waals surface area contributed by atoms with Crippen LogP contribution in [0.15, 0.2) is 54.6 Å². The molecular formula is C17H15N3O2. The van der Waals surface area contributed by atoms with E-state index in [9.17, 15) is 4.79 Å². The number of benzene rings is 2. The zero-order valence-electron chi connectivity index (χ0n) is 12.4. The van der Waals surface area contributed by atoms with Crippen LogP contribution in [0, 0.1) is 0 Å². The van der Waals surface area contributed by atoms with E-state index in [0.29, 0.717) is 11.6 Å². The summed E-state index contributed by atoms with van der Waals surface area (Å²) in [6, 6.07) is 17.0. The molecule has 0 atom stereocenters. The van der Waals surface area contributed by atoms with Crippen LogP contribution in [0.3, 0.4) is 0 Å². The van der Waals surface area contributed by atoms with Crippen LogP contribution in [-0.2, 0) is 11.8 Å². The summed E-state index contributed by atoms with van der Waals surface area (Å²) in [7, 11) is 1.86. The van der Waals surface area contributed by atoms with Gasteiger partial charge in [-0.15, -0.1) is 0 Å². The maximum absolute atomic E-state index is 10.9. The molecule has 0 aliphatic carbocycles. The standard InChI is InChI=1S/C17H15N3O2/c1-12(21)22-15-10-8-14(9-11-15)17-18-16(19-20(17)2)13-6-4-3-5-7-13/h3-11H,1-2H3. The Morgan fingerprint density at radius 1 is 1.00 bits per heavy atom. The van der Waals surface area contributed by atoms with Crippen molar-refractivity contribution in [1.82, 2.24) is 14.8 Å². The fourth-order valence-electron chi connectivity index (χ4n) is 2.18. The van der Waals surface area contributed by atoms with Crippen LogP contribution in [0.25, 0.3) is 22.8 Å². The minimum Gasteiger partial charge on any atom is -0.427 e. The minimum absolute atomic E-state index is 0.335. The number of carbonyl (C=O) groups excluding carboxylic acids is 1. The molecule has 0 bridgehead atoms. The van der Waals surface area contributed by atoms with E-state index in [4.69, 9.17) is 4.74 Å². The van der Waals surface area contributed by atoms with Gasteiger partial charge in [0.15, 0.2) is 11.6 Å². The monoisotopic (exact) mass is 293 g/mol. The van der Waals surface area contributed by atoms with Crippen molar-refractivity contribution in [2.24, 2.45) is 7.05 Å². The maximum atomic E-state index is 10.9. The Labute approximate surface area is 128 Å². The quantitative estimate of drug-likeness (QED) is 0.550. The van der Waals surface area contributed by atoms with Crippen molar-refractivity contribution in [1.29, 1.82) is 0 Å². The van der Waals surface area contributed by atoms with Crippen LogP contribution in [0.5, 0.6) is 5.75 Å².